The van der Waals surface area contributed by atoms with Crippen molar-refractivity contribution in [2.75, 3.05) is 11.5 Å². The number of carbonyl (C=O) groups is 2. The van der Waals surface area contributed by atoms with E-state index in [0.717, 1.165) is 30.0 Å². The maximum absolute atomic E-state index is 12.6. The van der Waals surface area contributed by atoms with Crippen LogP contribution in [0.5, 0.6) is 0 Å². The Kier molecular flexibility index (Phi) is 5.73. The molecule has 0 radical (unpaired) electrons. The largest absolute Gasteiger partial charge is 0.480 e. The summed E-state index contributed by atoms with van der Waals surface area (Å²) in [4.78, 5) is 24.3. The first-order chi connectivity index (χ1) is 10.9. The fourth-order valence-electron chi connectivity index (χ4n) is 3.05. The highest BCUT2D eigenvalue weighted by molar-refractivity contribution is 7.99. The van der Waals surface area contributed by atoms with Gasteiger partial charge in [0.2, 0.25) is 0 Å². The van der Waals surface area contributed by atoms with Crippen LogP contribution in [0.15, 0.2) is 6.20 Å². The predicted octanol–water partition coefficient (Wildman–Crippen LogP) is 2.63. The van der Waals surface area contributed by atoms with Crippen molar-refractivity contribution < 1.29 is 14.7 Å². The third-order valence-electron chi connectivity index (χ3n) is 4.69. The molecule has 0 atom stereocenters. The van der Waals surface area contributed by atoms with E-state index < -0.39 is 11.5 Å². The number of rotatable bonds is 6. The van der Waals surface area contributed by atoms with Gasteiger partial charge in [-0.1, -0.05) is 13.8 Å². The Morgan fingerprint density at radius 1 is 1.39 bits per heavy atom. The minimum Gasteiger partial charge on any atom is -0.480 e. The fourth-order valence-corrected chi connectivity index (χ4v) is 4.24. The molecule has 128 valence electrons. The SMILES string of the molecule is CCC(CC)n1ncc(C(=O)NC2(C(=O)O)CCSCC2)c1C. The van der Waals surface area contributed by atoms with Crippen LogP contribution in [-0.2, 0) is 4.79 Å². The average Bonchev–Trinajstić information content (AvgIpc) is 2.91. The van der Waals surface area contributed by atoms with Crippen LogP contribution in [-0.4, -0.2) is 43.8 Å². The molecule has 1 aromatic rings. The second-order valence-corrected chi connectivity index (χ2v) is 7.24. The molecule has 0 spiro atoms. The van der Waals surface area contributed by atoms with Gasteiger partial charge in [0.1, 0.15) is 5.54 Å². The van der Waals surface area contributed by atoms with Crippen molar-refractivity contribution in [2.45, 2.75) is 58.0 Å². The first-order valence-electron chi connectivity index (χ1n) is 8.13. The Hall–Kier alpha value is -1.50. The van der Waals surface area contributed by atoms with Gasteiger partial charge in [-0.2, -0.15) is 16.9 Å². The maximum atomic E-state index is 12.6. The summed E-state index contributed by atoms with van der Waals surface area (Å²) < 4.78 is 1.87. The number of carbonyl (C=O) groups excluding carboxylic acids is 1. The number of carboxylic acid groups (broad SMARTS) is 1. The van der Waals surface area contributed by atoms with Gasteiger partial charge in [-0.3, -0.25) is 9.48 Å². The maximum Gasteiger partial charge on any atom is 0.329 e. The van der Waals surface area contributed by atoms with Crippen molar-refractivity contribution in [3.8, 4) is 0 Å². The van der Waals surface area contributed by atoms with Crippen LogP contribution in [0.1, 0.15) is 61.6 Å². The molecule has 2 heterocycles. The highest BCUT2D eigenvalue weighted by Crippen LogP contribution is 2.28. The monoisotopic (exact) mass is 339 g/mol. The average molecular weight is 339 g/mol. The summed E-state index contributed by atoms with van der Waals surface area (Å²) in [6.07, 6.45) is 4.35. The Morgan fingerprint density at radius 3 is 2.52 bits per heavy atom. The summed E-state index contributed by atoms with van der Waals surface area (Å²) >= 11 is 1.72. The summed E-state index contributed by atoms with van der Waals surface area (Å²) in [6.45, 7) is 6.05. The predicted molar refractivity (Wildman–Crippen MR) is 91.0 cm³/mol. The number of nitrogens with one attached hydrogen (secondary N) is 1. The van der Waals surface area contributed by atoms with E-state index in [0.29, 0.717) is 18.4 Å². The molecule has 2 rings (SSSR count). The second kappa shape index (κ2) is 7.38. The van der Waals surface area contributed by atoms with Crippen LogP contribution >= 0.6 is 11.8 Å². The van der Waals surface area contributed by atoms with Gasteiger partial charge in [-0.05, 0) is 44.1 Å². The Morgan fingerprint density at radius 2 is 2.00 bits per heavy atom. The molecule has 1 amide bonds. The van der Waals surface area contributed by atoms with Gasteiger partial charge >= 0.3 is 5.97 Å². The van der Waals surface area contributed by atoms with Crippen LogP contribution in [0.3, 0.4) is 0 Å². The molecule has 0 bridgehead atoms. The topological polar surface area (TPSA) is 84.2 Å². The van der Waals surface area contributed by atoms with Crippen molar-refractivity contribution in [3.05, 3.63) is 17.5 Å². The van der Waals surface area contributed by atoms with Crippen LogP contribution < -0.4 is 5.32 Å². The van der Waals surface area contributed by atoms with E-state index in [1.165, 1.54) is 0 Å². The van der Waals surface area contributed by atoms with Crippen LogP contribution in [0, 0.1) is 6.92 Å². The number of thioether (sulfide) groups is 1. The number of nitrogens with zero attached hydrogens (tertiary/aromatic N) is 2. The van der Waals surface area contributed by atoms with E-state index in [2.05, 4.69) is 24.3 Å². The molecule has 6 nitrogen and oxygen atoms in total. The molecule has 23 heavy (non-hydrogen) atoms. The van der Waals surface area contributed by atoms with Crippen LogP contribution in [0.2, 0.25) is 0 Å². The lowest BCUT2D eigenvalue weighted by Gasteiger charge is -2.33. The number of aromatic nitrogens is 2. The molecule has 0 aromatic carbocycles. The highest BCUT2D eigenvalue weighted by Gasteiger charge is 2.41. The van der Waals surface area contributed by atoms with Gasteiger partial charge in [-0.25, -0.2) is 4.79 Å². The van der Waals surface area contributed by atoms with Gasteiger partial charge < -0.3 is 10.4 Å². The Labute approximate surface area is 141 Å². The van der Waals surface area contributed by atoms with Gasteiger partial charge in [-0.15, -0.1) is 0 Å². The molecule has 1 saturated heterocycles. The zero-order chi connectivity index (χ0) is 17.0. The third-order valence-corrected chi connectivity index (χ3v) is 5.67. The number of hydrogen-bond donors (Lipinski definition) is 2. The summed E-state index contributed by atoms with van der Waals surface area (Å²) in [5.41, 5.74) is 0.115. The number of amides is 1. The molecule has 0 saturated carbocycles. The molecule has 0 unspecified atom stereocenters. The lowest BCUT2D eigenvalue weighted by molar-refractivity contribution is -0.144. The minimum atomic E-state index is -1.15. The second-order valence-electron chi connectivity index (χ2n) is 6.01. The van der Waals surface area contributed by atoms with E-state index in [1.807, 2.05) is 11.6 Å². The third kappa shape index (κ3) is 3.54. The normalized spacial score (nSPS) is 17.2. The van der Waals surface area contributed by atoms with Crippen LogP contribution in [0.25, 0.3) is 0 Å². The highest BCUT2D eigenvalue weighted by atomic mass is 32.2. The van der Waals surface area contributed by atoms with Crippen molar-refractivity contribution in [1.29, 1.82) is 0 Å². The number of hydrogen-bond acceptors (Lipinski definition) is 4. The van der Waals surface area contributed by atoms with E-state index in [1.54, 1.807) is 18.0 Å². The van der Waals surface area contributed by atoms with Crippen molar-refractivity contribution in [1.82, 2.24) is 15.1 Å². The lowest BCUT2D eigenvalue weighted by Crippen LogP contribution is -2.56. The summed E-state index contributed by atoms with van der Waals surface area (Å²) in [5.74, 6) is 0.210. The minimum absolute atomic E-state index is 0.260. The van der Waals surface area contributed by atoms with E-state index in [9.17, 15) is 14.7 Å². The van der Waals surface area contributed by atoms with E-state index >= 15 is 0 Å². The molecule has 0 aliphatic carbocycles. The zero-order valence-corrected chi connectivity index (χ0v) is 14.8. The number of aliphatic carboxylic acids is 1. The van der Waals surface area contributed by atoms with E-state index in [-0.39, 0.29) is 11.9 Å². The Balaban J connectivity index is 2.22. The molecule has 1 aliphatic rings. The molecular weight excluding hydrogens is 314 g/mol. The quantitative estimate of drug-likeness (QED) is 0.832. The summed E-state index contributed by atoms with van der Waals surface area (Å²) in [7, 11) is 0. The molecular formula is C16H25N3O3S. The molecule has 1 fully saturated rings. The zero-order valence-electron chi connectivity index (χ0n) is 14.0. The lowest BCUT2D eigenvalue weighted by atomic mass is 9.92. The molecule has 7 heteroatoms. The van der Waals surface area contributed by atoms with Crippen molar-refractivity contribution >= 4 is 23.6 Å². The standard InChI is InChI=1S/C16H25N3O3S/c1-4-12(5-2)19-11(3)13(10-17-19)14(20)18-16(15(21)22)6-8-23-9-7-16/h10,12H,4-9H2,1-3H3,(H,18,20)(H,21,22). The Bertz CT molecular complexity index is 575. The van der Waals surface area contributed by atoms with Crippen molar-refractivity contribution in [3.63, 3.8) is 0 Å². The molecule has 1 aromatic heterocycles. The first-order valence-corrected chi connectivity index (χ1v) is 9.28. The summed E-state index contributed by atoms with van der Waals surface area (Å²) in [6, 6.07) is 0.260. The van der Waals surface area contributed by atoms with E-state index in [4.69, 9.17) is 0 Å². The van der Waals surface area contributed by atoms with Crippen LogP contribution in [0.4, 0.5) is 0 Å². The van der Waals surface area contributed by atoms with Gasteiger partial charge in [0.05, 0.1) is 17.8 Å². The van der Waals surface area contributed by atoms with Gasteiger partial charge in [0, 0.05) is 5.69 Å². The number of carboxylic acids is 1. The molecule has 1 aliphatic heterocycles. The first kappa shape index (κ1) is 17.8. The van der Waals surface area contributed by atoms with Crippen molar-refractivity contribution in [2.24, 2.45) is 0 Å². The van der Waals surface area contributed by atoms with Gasteiger partial charge in [0.25, 0.3) is 5.91 Å². The smallest absolute Gasteiger partial charge is 0.329 e. The fraction of sp³-hybridized carbons (Fsp3) is 0.688. The van der Waals surface area contributed by atoms with Gasteiger partial charge in [0.15, 0.2) is 0 Å². The summed E-state index contributed by atoms with van der Waals surface area (Å²) in [5, 5.41) is 16.7. The molecule has 2 N–H and O–H groups in total.